The number of halogens is 4. The fourth-order valence-electron chi connectivity index (χ4n) is 4.11. The van der Waals surface area contributed by atoms with Crippen LogP contribution in [0.3, 0.4) is 0 Å². The van der Waals surface area contributed by atoms with E-state index < -0.39 is 36.1 Å². The minimum atomic E-state index is -4.62. The number of hydrazine groups is 1. The van der Waals surface area contributed by atoms with Crippen LogP contribution in [0.25, 0.3) is 0 Å². The van der Waals surface area contributed by atoms with E-state index in [1.165, 1.54) is 14.0 Å². The summed E-state index contributed by atoms with van der Waals surface area (Å²) in [5.74, 6) is -2.25. The second-order valence-electron chi connectivity index (χ2n) is 7.63. The lowest BCUT2D eigenvalue weighted by molar-refractivity contribution is -0.161. The summed E-state index contributed by atoms with van der Waals surface area (Å²) < 4.78 is 47.3. The second-order valence-corrected chi connectivity index (χ2v) is 8.42. The van der Waals surface area contributed by atoms with E-state index in [1.807, 2.05) is 0 Å². The molecule has 33 heavy (non-hydrogen) atoms. The zero-order chi connectivity index (χ0) is 23.9. The maximum Gasteiger partial charge on any atom is 0.406 e. The van der Waals surface area contributed by atoms with Crippen LogP contribution in [-0.2, 0) is 9.59 Å². The zero-order valence-corrected chi connectivity index (χ0v) is 19.1. The predicted molar refractivity (Wildman–Crippen MR) is 118 cm³/mol. The van der Waals surface area contributed by atoms with Gasteiger partial charge in [-0.2, -0.15) is 13.2 Å². The molecule has 2 aliphatic rings. The molecule has 2 aromatic rings. The van der Waals surface area contributed by atoms with Crippen LogP contribution < -0.4 is 20.8 Å². The number of alkyl halides is 3. The average molecular weight is 525 g/mol. The third kappa shape index (κ3) is 4.18. The van der Waals surface area contributed by atoms with Crippen molar-refractivity contribution in [2.45, 2.75) is 31.2 Å². The van der Waals surface area contributed by atoms with Crippen LogP contribution in [0.1, 0.15) is 18.4 Å². The number of amides is 2. The number of fused-ring (bicyclic) bond motifs is 1. The van der Waals surface area contributed by atoms with Crippen molar-refractivity contribution in [1.29, 1.82) is 0 Å². The molecule has 0 aliphatic carbocycles. The van der Waals surface area contributed by atoms with Crippen LogP contribution in [0.5, 0.6) is 5.75 Å². The molecule has 3 N–H and O–H groups in total. The van der Waals surface area contributed by atoms with Gasteiger partial charge in [0.05, 0.1) is 23.2 Å². The van der Waals surface area contributed by atoms with Gasteiger partial charge in [0.25, 0.3) is 11.8 Å². The smallest absolute Gasteiger partial charge is 0.406 e. The van der Waals surface area contributed by atoms with E-state index in [-0.39, 0.29) is 11.3 Å². The highest BCUT2D eigenvalue weighted by molar-refractivity contribution is 9.10. The molecule has 0 bridgehead atoms. The SMILES string of the molecule is COc1cccc(NC(=O)C2=C(C)NC3C(c4ccccc4)C(C(F)(F)F)NN3C2=O)c1Br. The molecule has 4 rings (SSSR count). The van der Waals surface area contributed by atoms with E-state index >= 15 is 0 Å². The monoisotopic (exact) mass is 524 g/mol. The van der Waals surface area contributed by atoms with Crippen molar-refractivity contribution >= 4 is 33.4 Å². The number of allylic oxidation sites excluding steroid dienone is 1. The summed E-state index contributed by atoms with van der Waals surface area (Å²) in [6.45, 7) is 1.49. The number of rotatable bonds is 4. The molecule has 3 unspecified atom stereocenters. The first-order chi connectivity index (χ1) is 15.6. The summed E-state index contributed by atoms with van der Waals surface area (Å²) in [4.78, 5) is 26.2. The number of benzene rings is 2. The average Bonchev–Trinajstić information content (AvgIpc) is 3.16. The zero-order valence-electron chi connectivity index (χ0n) is 17.5. The Balaban J connectivity index is 1.66. The fourth-order valence-corrected chi connectivity index (χ4v) is 4.64. The summed E-state index contributed by atoms with van der Waals surface area (Å²) in [7, 11) is 1.46. The van der Waals surface area contributed by atoms with Crippen LogP contribution in [0, 0.1) is 0 Å². The van der Waals surface area contributed by atoms with Gasteiger partial charge < -0.3 is 15.4 Å². The second kappa shape index (κ2) is 8.71. The third-order valence-electron chi connectivity index (χ3n) is 5.62. The van der Waals surface area contributed by atoms with Crippen LogP contribution in [-0.4, -0.2) is 42.3 Å². The summed E-state index contributed by atoms with van der Waals surface area (Å²) in [5.41, 5.74) is 2.94. The number of hydrogen-bond acceptors (Lipinski definition) is 5. The molecule has 0 radical (unpaired) electrons. The summed E-state index contributed by atoms with van der Waals surface area (Å²) in [6.07, 6.45) is -5.65. The first-order valence-electron chi connectivity index (χ1n) is 9.96. The van der Waals surface area contributed by atoms with Crippen LogP contribution in [0.4, 0.5) is 18.9 Å². The Kier molecular flexibility index (Phi) is 6.10. The first-order valence-corrected chi connectivity index (χ1v) is 10.8. The fraction of sp³-hybridized carbons (Fsp3) is 0.273. The summed E-state index contributed by atoms with van der Waals surface area (Å²) in [6, 6.07) is 11.1. The Bertz CT molecular complexity index is 1120. The first kappa shape index (κ1) is 23.1. The Morgan fingerprint density at radius 3 is 2.48 bits per heavy atom. The topological polar surface area (TPSA) is 82.7 Å². The van der Waals surface area contributed by atoms with Crippen molar-refractivity contribution in [2.75, 3.05) is 12.4 Å². The quantitative estimate of drug-likeness (QED) is 0.531. The highest BCUT2D eigenvalue weighted by atomic mass is 79.9. The van der Waals surface area contributed by atoms with Gasteiger partial charge in [0, 0.05) is 5.70 Å². The minimum Gasteiger partial charge on any atom is -0.495 e. The van der Waals surface area contributed by atoms with Gasteiger partial charge in [-0.25, -0.2) is 10.4 Å². The number of nitrogens with one attached hydrogen (secondary N) is 3. The highest BCUT2D eigenvalue weighted by Gasteiger charge is 2.58. The van der Waals surface area contributed by atoms with Crippen LogP contribution in [0.2, 0.25) is 0 Å². The van der Waals surface area contributed by atoms with E-state index in [0.717, 1.165) is 5.01 Å². The largest absolute Gasteiger partial charge is 0.495 e. The molecule has 1 fully saturated rings. The predicted octanol–water partition coefficient (Wildman–Crippen LogP) is 3.66. The maximum absolute atomic E-state index is 13.9. The summed E-state index contributed by atoms with van der Waals surface area (Å²) >= 11 is 3.33. The van der Waals surface area contributed by atoms with E-state index in [4.69, 9.17) is 4.74 Å². The number of ether oxygens (including phenoxy) is 1. The molecular formula is C22H20BrF3N4O3. The molecule has 11 heteroatoms. The normalized spacial score (nSPS) is 22.7. The Morgan fingerprint density at radius 2 is 1.85 bits per heavy atom. The molecule has 7 nitrogen and oxygen atoms in total. The number of methoxy groups -OCH3 is 1. The van der Waals surface area contributed by atoms with Crippen LogP contribution >= 0.6 is 15.9 Å². The van der Waals surface area contributed by atoms with Crippen molar-refractivity contribution in [3.05, 3.63) is 69.8 Å². The van der Waals surface area contributed by atoms with Crippen molar-refractivity contribution in [1.82, 2.24) is 15.8 Å². The lowest BCUT2D eigenvalue weighted by Gasteiger charge is -2.34. The van der Waals surface area contributed by atoms with Crippen molar-refractivity contribution in [3.8, 4) is 5.75 Å². The van der Waals surface area contributed by atoms with Gasteiger partial charge in [-0.15, -0.1) is 0 Å². The van der Waals surface area contributed by atoms with E-state index in [1.54, 1.807) is 48.5 Å². The van der Waals surface area contributed by atoms with E-state index in [0.29, 0.717) is 21.5 Å². The van der Waals surface area contributed by atoms with Crippen molar-refractivity contribution < 1.29 is 27.5 Å². The molecule has 0 aromatic heterocycles. The van der Waals surface area contributed by atoms with Crippen molar-refractivity contribution in [2.24, 2.45) is 0 Å². The lowest BCUT2D eigenvalue weighted by atomic mass is 9.89. The van der Waals surface area contributed by atoms with Gasteiger partial charge in [0.2, 0.25) is 0 Å². The molecule has 2 aliphatic heterocycles. The van der Waals surface area contributed by atoms with Crippen molar-refractivity contribution in [3.63, 3.8) is 0 Å². The molecule has 0 spiro atoms. The van der Waals surface area contributed by atoms with Gasteiger partial charge in [-0.1, -0.05) is 36.4 Å². The summed E-state index contributed by atoms with van der Waals surface area (Å²) in [5, 5.41) is 6.42. The highest BCUT2D eigenvalue weighted by Crippen LogP contribution is 2.41. The number of carbonyl (C=O) groups is 2. The standard InChI is InChI=1S/C22H20BrF3N4O3/c1-11-15(20(31)28-13-9-6-10-14(33-2)17(13)23)21(32)30-19(27-11)16(12-7-4-3-5-8-12)18(29-30)22(24,25)26/h3-10,16,18-19,27,29H,1-2H3,(H,28,31). The molecule has 2 heterocycles. The number of anilines is 1. The molecule has 0 saturated carbocycles. The van der Waals surface area contributed by atoms with Gasteiger partial charge in [-0.05, 0) is 40.5 Å². The van der Waals surface area contributed by atoms with Gasteiger partial charge >= 0.3 is 6.18 Å². The van der Waals surface area contributed by atoms with Crippen LogP contribution in [0.15, 0.2) is 64.3 Å². The molecule has 2 aromatic carbocycles. The van der Waals surface area contributed by atoms with Gasteiger partial charge in [0.15, 0.2) is 0 Å². The van der Waals surface area contributed by atoms with Gasteiger partial charge in [-0.3, -0.25) is 9.59 Å². The Hall–Kier alpha value is -3.05. The lowest BCUT2D eigenvalue weighted by Crippen LogP contribution is -2.56. The van der Waals surface area contributed by atoms with E-state index in [9.17, 15) is 22.8 Å². The third-order valence-corrected chi connectivity index (χ3v) is 6.44. The van der Waals surface area contributed by atoms with E-state index in [2.05, 4.69) is 32.0 Å². The maximum atomic E-state index is 13.9. The number of nitrogens with zero attached hydrogens (tertiary/aromatic N) is 1. The molecule has 174 valence electrons. The molecule has 1 saturated heterocycles. The van der Waals surface area contributed by atoms with Gasteiger partial charge in [0.1, 0.15) is 23.5 Å². The minimum absolute atomic E-state index is 0.184. The molecule has 2 amide bonds. The Morgan fingerprint density at radius 1 is 1.15 bits per heavy atom. The number of carbonyl (C=O) groups excluding carboxylic acids is 2. The number of hydrogen-bond donors (Lipinski definition) is 3. The molecule has 3 atom stereocenters. The Labute approximate surface area is 196 Å². The molecular weight excluding hydrogens is 505 g/mol.